The van der Waals surface area contributed by atoms with Crippen LogP contribution in [-0.4, -0.2) is 80.6 Å². The number of hydrogen-bond donors (Lipinski definition) is 6. The molecule has 4 amide bonds. The normalized spacial score (nSPS) is 11.5. The Morgan fingerprint density at radius 3 is 2.27 bits per heavy atom. The van der Waals surface area contributed by atoms with Crippen molar-refractivity contribution in [3.63, 3.8) is 0 Å². The molecule has 0 aliphatic heterocycles. The molecular formula is C37H47N7O7S+2. The molecule has 0 fully saturated rings. The van der Waals surface area contributed by atoms with Crippen molar-refractivity contribution in [3.05, 3.63) is 96.2 Å². The van der Waals surface area contributed by atoms with Crippen LogP contribution in [0.2, 0.25) is 0 Å². The molecule has 4 rings (SSSR count). The van der Waals surface area contributed by atoms with Crippen molar-refractivity contribution in [2.24, 2.45) is 0 Å². The standard InChI is InChI=1S/C37H45N7O7S/c1-27(45)41-42-33-15-6-4-11-28(33)17-18-35(46)39-31-13-10-14-32(24-31)40-36(47)26-44(2,3)21-19-38-37(48)30-23-29-12-5-7-16-34(29)43(25-30)20-8-9-22-52(49,50)51/h4-7,10-16,23-25,42H,8-9,17-22,26H2,1-3H3,(H3-2,38,39,40,41,45,46,47,48,49,50,51)/p+2. The summed E-state index contributed by atoms with van der Waals surface area (Å²) in [6.07, 6.45) is 3.18. The number of nitrogens with zero attached hydrogens (tertiary/aromatic N) is 2. The Morgan fingerprint density at radius 1 is 0.846 bits per heavy atom. The average molecular weight is 734 g/mol. The number of nitrogens with one attached hydrogen (secondary N) is 5. The summed E-state index contributed by atoms with van der Waals surface area (Å²) >= 11 is 0. The number of fused-ring (bicyclic) bond motifs is 1. The molecule has 52 heavy (non-hydrogen) atoms. The van der Waals surface area contributed by atoms with E-state index in [2.05, 4.69) is 26.8 Å². The van der Waals surface area contributed by atoms with Crippen LogP contribution in [0.5, 0.6) is 0 Å². The highest BCUT2D eigenvalue weighted by atomic mass is 32.2. The van der Waals surface area contributed by atoms with Crippen LogP contribution in [0.3, 0.4) is 0 Å². The molecule has 0 atom stereocenters. The highest BCUT2D eigenvalue weighted by Crippen LogP contribution is 2.19. The van der Waals surface area contributed by atoms with Crippen LogP contribution in [0.4, 0.5) is 17.1 Å². The van der Waals surface area contributed by atoms with Gasteiger partial charge in [0, 0.05) is 42.6 Å². The smallest absolute Gasteiger partial charge is 0.279 e. The Bertz CT molecular complexity index is 2020. The molecule has 1 heterocycles. The number of benzene rings is 3. The monoisotopic (exact) mass is 733 g/mol. The van der Waals surface area contributed by atoms with Gasteiger partial charge in [0.15, 0.2) is 12.7 Å². The summed E-state index contributed by atoms with van der Waals surface area (Å²) < 4.78 is 33.4. The minimum atomic E-state index is -4.03. The van der Waals surface area contributed by atoms with Gasteiger partial charge in [-0.25, -0.2) is 0 Å². The number of unbranched alkanes of at least 4 members (excludes halogenated alkanes) is 1. The number of hydrazine groups is 1. The molecule has 15 heteroatoms. The van der Waals surface area contributed by atoms with Gasteiger partial charge in [-0.05, 0) is 54.8 Å². The van der Waals surface area contributed by atoms with E-state index < -0.39 is 10.1 Å². The third kappa shape index (κ3) is 13.1. The van der Waals surface area contributed by atoms with Crippen molar-refractivity contribution in [2.75, 3.05) is 55.5 Å². The van der Waals surface area contributed by atoms with E-state index in [0.717, 1.165) is 16.5 Å². The van der Waals surface area contributed by atoms with Crippen molar-refractivity contribution < 1.29 is 41.2 Å². The Hall–Kier alpha value is -5.38. The van der Waals surface area contributed by atoms with E-state index in [0.29, 0.717) is 59.6 Å². The molecule has 1 aromatic heterocycles. The summed E-state index contributed by atoms with van der Waals surface area (Å²) in [7, 11) is -0.248. The van der Waals surface area contributed by atoms with E-state index in [1.165, 1.54) is 6.92 Å². The number of hydrogen-bond acceptors (Lipinski definition) is 7. The van der Waals surface area contributed by atoms with Gasteiger partial charge in [0.2, 0.25) is 17.3 Å². The summed E-state index contributed by atoms with van der Waals surface area (Å²) in [6.45, 7) is 2.80. The number of para-hydroxylation sites is 2. The fourth-order valence-electron chi connectivity index (χ4n) is 5.59. The number of quaternary nitrogens is 1. The van der Waals surface area contributed by atoms with Gasteiger partial charge < -0.3 is 20.4 Å². The maximum Gasteiger partial charge on any atom is 0.279 e. The molecule has 0 spiro atoms. The summed E-state index contributed by atoms with van der Waals surface area (Å²) in [5, 5.41) is 9.57. The molecule has 0 unspecified atom stereocenters. The Morgan fingerprint density at radius 2 is 1.54 bits per heavy atom. The highest BCUT2D eigenvalue weighted by molar-refractivity contribution is 7.85. The van der Waals surface area contributed by atoms with Crippen LogP contribution in [-0.2, 0) is 37.5 Å². The minimum Gasteiger partial charge on any atom is -0.346 e. The van der Waals surface area contributed by atoms with Gasteiger partial charge in [-0.1, -0.05) is 36.4 Å². The topological polar surface area (TPSA) is 187 Å². The van der Waals surface area contributed by atoms with Crippen LogP contribution in [0.1, 0.15) is 42.1 Å². The SMILES string of the molecule is CC(=O)NNc1ccccc1CCC(=O)Nc1cccc(NC(=O)C[N+](C)(C)CCNC(=O)c2cc3ccccc3[n+](CCCCS(=O)(=O)O)c2)c1. The lowest BCUT2D eigenvalue weighted by atomic mass is 10.1. The number of carbonyl (C=O) groups is 4. The average Bonchev–Trinajstić information content (AvgIpc) is 3.07. The van der Waals surface area contributed by atoms with Gasteiger partial charge in [-0.2, -0.15) is 13.0 Å². The molecular weight excluding hydrogens is 687 g/mol. The number of rotatable bonds is 18. The van der Waals surface area contributed by atoms with Gasteiger partial charge in [-0.15, -0.1) is 0 Å². The second-order valence-electron chi connectivity index (χ2n) is 13.2. The second-order valence-corrected chi connectivity index (χ2v) is 14.8. The molecule has 14 nitrogen and oxygen atoms in total. The first-order valence-electron chi connectivity index (χ1n) is 17.0. The van der Waals surface area contributed by atoms with Crippen molar-refractivity contribution >= 4 is 61.7 Å². The number of aryl methyl sites for hydroxylation is 2. The van der Waals surface area contributed by atoms with Crippen molar-refractivity contribution in [1.29, 1.82) is 0 Å². The molecule has 0 bridgehead atoms. The Labute approximate surface area is 303 Å². The number of likely N-dealkylation sites (N-methyl/N-ethyl adjacent to an activating group) is 1. The second kappa shape index (κ2) is 18.2. The maximum absolute atomic E-state index is 13.2. The number of amides is 4. The first kappa shape index (κ1) is 39.4. The van der Waals surface area contributed by atoms with Gasteiger partial charge in [-0.3, -0.25) is 34.6 Å². The minimum absolute atomic E-state index is 0.137. The molecule has 0 aliphatic rings. The fraction of sp³-hybridized carbons (Fsp3) is 0.324. The van der Waals surface area contributed by atoms with Crippen LogP contribution >= 0.6 is 0 Å². The summed E-state index contributed by atoms with van der Waals surface area (Å²) in [5.41, 5.74) is 9.41. The number of anilines is 3. The van der Waals surface area contributed by atoms with Gasteiger partial charge in [0.1, 0.15) is 12.1 Å². The fourth-order valence-corrected chi connectivity index (χ4v) is 6.16. The third-order valence-corrected chi connectivity index (χ3v) is 8.99. The number of carbonyl (C=O) groups excluding carboxylic acids is 4. The summed E-state index contributed by atoms with van der Waals surface area (Å²) in [5.74, 6) is -1.25. The molecule has 0 aliphatic carbocycles. The van der Waals surface area contributed by atoms with E-state index in [-0.39, 0.29) is 48.8 Å². The van der Waals surface area contributed by atoms with E-state index in [1.54, 1.807) is 36.5 Å². The van der Waals surface area contributed by atoms with Crippen molar-refractivity contribution in [1.82, 2.24) is 10.7 Å². The first-order chi connectivity index (χ1) is 24.7. The van der Waals surface area contributed by atoms with E-state index in [1.807, 2.05) is 67.2 Å². The first-order valence-corrected chi connectivity index (χ1v) is 18.6. The zero-order valence-corrected chi connectivity index (χ0v) is 30.5. The highest BCUT2D eigenvalue weighted by Gasteiger charge is 2.22. The number of pyridine rings is 1. The molecule has 4 aromatic rings. The van der Waals surface area contributed by atoms with E-state index >= 15 is 0 Å². The summed E-state index contributed by atoms with van der Waals surface area (Å²) in [6, 6.07) is 23.7. The van der Waals surface area contributed by atoms with Crippen LogP contribution in [0.15, 0.2) is 85.1 Å². The largest absolute Gasteiger partial charge is 0.346 e. The maximum atomic E-state index is 13.2. The lowest BCUT2D eigenvalue weighted by Crippen LogP contribution is -2.49. The van der Waals surface area contributed by atoms with Crippen molar-refractivity contribution in [3.8, 4) is 0 Å². The van der Waals surface area contributed by atoms with E-state index in [9.17, 15) is 27.6 Å². The summed E-state index contributed by atoms with van der Waals surface area (Å²) in [4.78, 5) is 50.2. The van der Waals surface area contributed by atoms with E-state index in [4.69, 9.17) is 4.55 Å². The quantitative estimate of drug-likeness (QED) is 0.0296. The molecule has 0 saturated heterocycles. The van der Waals surface area contributed by atoms with Crippen LogP contribution in [0.25, 0.3) is 10.9 Å². The zero-order valence-electron chi connectivity index (χ0n) is 29.6. The zero-order chi connectivity index (χ0) is 37.7. The predicted molar refractivity (Wildman–Crippen MR) is 200 cm³/mol. The van der Waals surface area contributed by atoms with Crippen LogP contribution < -0.4 is 31.4 Å². The predicted octanol–water partition coefficient (Wildman–Crippen LogP) is 3.27. The number of aromatic nitrogens is 1. The van der Waals surface area contributed by atoms with Gasteiger partial charge in [0.25, 0.3) is 21.9 Å². The van der Waals surface area contributed by atoms with Crippen molar-refractivity contribution in [2.45, 2.75) is 39.2 Å². The lowest BCUT2D eigenvalue weighted by molar-refractivity contribution is -0.880. The Kier molecular flexibility index (Phi) is 13.8. The Balaban J connectivity index is 1.25. The molecule has 276 valence electrons. The molecule has 3 aromatic carbocycles. The van der Waals surface area contributed by atoms with Gasteiger partial charge in [0.05, 0.1) is 38.6 Å². The third-order valence-electron chi connectivity index (χ3n) is 8.18. The van der Waals surface area contributed by atoms with Crippen LogP contribution in [0, 0.1) is 0 Å². The lowest BCUT2D eigenvalue weighted by Gasteiger charge is -2.29. The van der Waals surface area contributed by atoms with Gasteiger partial charge >= 0.3 is 0 Å². The molecule has 0 radical (unpaired) electrons. The molecule has 6 N–H and O–H groups in total. The molecule has 0 saturated carbocycles.